The third-order valence-electron chi connectivity index (χ3n) is 3.00. The molecule has 2 aromatic heterocycles. The van der Waals surface area contributed by atoms with Gasteiger partial charge in [-0.1, -0.05) is 6.92 Å². The number of nitrogens with one attached hydrogen (secondary N) is 1. The molecular weight excluding hydrogens is 283 g/mol. The standard InChI is InChI=1S/C13H18F3N5/c1-3-6-20-7-5-12(19-20)17-9-10-8-11(13(14,15)16)18-21(10)4-2/h5,7-8H,3-4,6,9H2,1-2H3,(H,17,19). The first-order valence-electron chi connectivity index (χ1n) is 6.85. The maximum absolute atomic E-state index is 12.7. The summed E-state index contributed by atoms with van der Waals surface area (Å²) in [6.07, 6.45) is -1.61. The minimum Gasteiger partial charge on any atom is -0.363 e. The Labute approximate surface area is 120 Å². The van der Waals surface area contributed by atoms with Gasteiger partial charge in [-0.05, 0) is 19.4 Å². The van der Waals surface area contributed by atoms with Gasteiger partial charge in [0, 0.05) is 25.4 Å². The Balaban J connectivity index is 2.06. The molecule has 0 aliphatic carbocycles. The molecule has 0 saturated carbocycles. The Morgan fingerprint density at radius 2 is 2.00 bits per heavy atom. The van der Waals surface area contributed by atoms with Gasteiger partial charge in [-0.2, -0.15) is 23.4 Å². The summed E-state index contributed by atoms with van der Waals surface area (Å²) in [7, 11) is 0. The van der Waals surface area contributed by atoms with Crippen LogP contribution in [0.4, 0.5) is 19.0 Å². The predicted molar refractivity (Wildman–Crippen MR) is 72.7 cm³/mol. The molecule has 2 aromatic rings. The van der Waals surface area contributed by atoms with Crippen molar-refractivity contribution in [3.63, 3.8) is 0 Å². The topological polar surface area (TPSA) is 47.7 Å². The molecule has 0 saturated heterocycles. The molecule has 1 N–H and O–H groups in total. The second-order valence-electron chi connectivity index (χ2n) is 4.65. The number of hydrogen-bond donors (Lipinski definition) is 1. The second-order valence-corrected chi connectivity index (χ2v) is 4.65. The SMILES string of the molecule is CCCn1ccc(NCc2cc(C(F)(F)F)nn2CC)n1. The molecule has 0 unspecified atom stereocenters. The average molecular weight is 301 g/mol. The molecule has 0 amide bonds. The highest BCUT2D eigenvalue weighted by Crippen LogP contribution is 2.28. The molecule has 0 bridgehead atoms. The molecule has 116 valence electrons. The summed E-state index contributed by atoms with van der Waals surface area (Å²) >= 11 is 0. The van der Waals surface area contributed by atoms with Crippen LogP contribution in [-0.4, -0.2) is 19.6 Å². The summed E-state index contributed by atoms with van der Waals surface area (Å²) in [6.45, 7) is 5.25. The Morgan fingerprint density at radius 1 is 1.24 bits per heavy atom. The number of aromatic nitrogens is 4. The van der Waals surface area contributed by atoms with Crippen LogP contribution in [0.2, 0.25) is 0 Å². The third kappa shape index (κ3) is 3.77. The van der Waals surface area contributed by atoms with E-state index in [9.17, 15) is 13.2 Å². The van der Waals surface area contributed by atoms with E-state index in [1.165, 1.54) is 4.68 Å². The highest BCUT2D eigenvalue weighted by atomic mass is 19.4. The molecule has 5 nitrogen and oxygen atoms in total. The van der Waals surface area contributed by atoms with Crippen LogP contribution in [0.1, 0.15) is 31.7 Å². The smallest absolute Gasteiger partial charge is 0.363 e. The quantitative estimate of drug-likeness (QED) is 0.891. The largest absolute Gasteiger partial charge is 0.435 e. The zero-order chi connectivity index (χ0) is 15.5. The monoisotopic (exact) mass is 301 g/mol. The van der Waals surface area contributed by atoms with Gasteiger partial charge in [-0.15, -0.1) is 0 Å². The van der Waals surface area contributed by atoms with Gasteiger partial charge >= 0.3 is 6.18 Å². The van der Waals surface area contributed by atoms with Crippen molar-refractivity contribution in [3.05, 3.63) is 29.7 Å². The van der Waals surface area contributed by atoms with E-state index >= 15 is 0 Å². The van der Waals surface area contributed by atoms with E-state index in [0.29, 0.717) is 18.1 Å². The fraction of sp³-hybridized carbons (Fsp3) is 0.538. The van der Waals surface area contributed by atoms with Crippen molar-refractivity contribution in [1.82, 2.24) is 19.6 Å². The van der Waals surface area contributed by atoms with Gasteiger partial charge in [-0.3, -0.25) is 9.36 Å². The molecule has 2 rings (SSSR count). The minimum absolute atomic E-state index is 0.250. The van der Waals surface area contributed by atoms with Crippen LogP contribution in [0.3, 0.4) is 0 Å². The van der Waals surface area contributed by atoms with Crippen LogP contribution in [0, 0.1) is 0 Å². The summed E-state index contributed by atoms with van der Waals surface area (Å²) in [5.41, 5.74) is -0.382. The van der Waals surface area contributed by atoms with Gasteiger partial charge in [0.1, 0.15) is 5.82 Å². The lowest BCUT2D eigenvalue weighted by Crippen LogP contribution is -2.09. The van der Waals surface area contributed by atoms with Gasteiger partial charge in [0.05, 0.1) is 12.2 Å². The van der Waals surface area contributed by atoms with Gasteiger partial charge in [-0.25, -0.2) is 0 Å². The fourth-order valence-corrected chi connectivity index (χ4v) is 2.00. The molecule has 0 aromatic carbocycles. The molecule has 0 atom stereocenters. The Bertz CT molecular complexity index is 585. The van der Waals surface area contributed by atoms with Crippen molar-refractivity contribution in [1.29, 1.82) is 0 Å². The van der Waals surface area contributed by atoms with Crippen LogP contribution >= 0.6 is 0 Å². The Kier molecular flexibility index (Phi) is 4.54. The minimum atomic E-state index is -4.42. The zero-order valence-corrected chi connectivity index (χ0v) is 12.0. The first-order valence-corrected chi connectivity index (χ1v) is 6.85. The summed E-state index contributed by atoms with van der Waals surface area (Å²) in [5.74, 6) is 0.640. The van der Waals surface area contributed by atoms with Crippen molar-refractivity contribution in [2.24, 2.45) is 0 Å². The van der Waals surface area contributed by atoms with Crippen LogP contribution in [0.15, 0.2) is 18.3 Å². The van der Waals surface area contributed by atoms with Crippen LogP contribution in [-0.2, 0) is 25.8 Å². The number of nitrogens with zero attached hydrogens (tertiary/aromatic N) is 4. The van der Waals surface area contributed by atoms with E-state index in [4.69, 9.17) is 0 Å². The molecule has 0 spiro atoms. The fourth-order valence-electron chi connectivity index (χ4n) is 2.00. The van der Waals surface area contributed by atoms with E-state index in [1.54, 1.807) is 17.7 Å². The maximum Gasteiger partial charge on any atom is 0.435 e. The summed E-state index contributed by atoms with van der Waals surface area (Å²) in [4.78, 5) is 0. The number of aryl methyl sites for hydroxylation is 2. The van der Waals surface area contributed by atoms with E-state index in [0.717, 1.165) is 19.0 Å². The number of hydrogen-bond acceptors (Lipinski definition) is 3. The highest BCUT2D eigenvalue weighted by Gasteiger charge is 2.34. The van der Waals surface area contributed by atoms with Crippen molar-refractivity contribution in [2.75, 3.05) is 5.32 Å². The van der Waals surface area contributed by atoms with Crippen molar-refractivity contribution >= 4 is 5.82 Å². The van der Waals surface area contributed by atoms with Crippen LogP contribution < -0.4 is 5.32 Å². The molecule has 0 radical (unpaired) electrons. The molecule has 21 heavy (non-hydrogen) atoms. The molecule has 0 aliphatic rings. The van der Waals surface area contributed by atoms with Crippen molar-refractivity contribution in [3.8, 4) is 0 Å². The zero-order valence-electron chi connectivity index (χ0n) is 12.0. The van der Waals surface area contributed by atoms with Gasteiger partial charge in [0.2, 0.25) is 0 Å². The first-order chi connectivity index (χ1) is 9.94. The molecule has 0 fully saturated rings. The second kappa shape index (κ2) is 6.19. The maximum atomic E-state index is 12.7. The number of anilines is 1. The van der Waals surface area contributed by atoms with E-state index in [2.05, 4.69) is 15.5 Å². The van der Waals surface area contributed by atoms with E-state index < -0.39 is 11.9 Å². The molecule has 8 heteroatoms. The number of halogens is 3. The normalized spacial score (nSPS) is 11.9. The van der Waals surface area contributed by atoms with Crippen molar-refractivity contribution < 1.29 is 13.2 Å². The summed E-state index contributed by atoms with van der Waals surface area (Å²) < 4.78 is 41.1. The van der Waals surface area contributed by atoms with Crippen LogP contribution in [0.5, 0.6) is 0 Å². The lowest BCUT2D eigenvalue weighted by Gasteiger charge is -2.05. The molecular formula is C13H18F3N5. The number of rotatable bonds is 6. The van der Waals surface area contributed by atoms with Gasteiger partial charge in [0.15, 0.2) is 5.69 Å². The Morgan fingerprint density at radius 3 is 2.62 bits per heavy atom. The van der Waals surface area contributed by atoms with Gasteiger partial charge < -0.3 is 5.32 Å². The van der Waals surface area contributed by atoms with Crippen molar-refractivity contribution in [2.45, 2.75) is 46.1 Å². The van der Waals surface area contributed by atoms with Gasteiger partial charge in [0.25, 0.3) is 0 Å². The summed E-state index contributed by atoms with van der Waals surface area (Å²) in [5, 5.41) is 10.9. The first kappa shape index (κ1) is 15.4. The predicted octanol–water partition coefficient (Wildman–Crippen LogP) is 3.14. The molecule has 2 heterocycles. The molecule has 0 aliphatic heterocycles. The lowest BCUT2D eigenvalue weighted by molar-refractivity contribution is -0.141. The third-order valence-corrected chi connectivity index (χ3v) is 3.00. The number of alkyl halides is 3. The lowest BCUT2D eigenvalue weighted by atomic mass is 10.3. The van der Waals surface area contributed by atoms with Crippen LogP contribution in [0.25, 0.3) is 0 Å². The summed E-state index contributed by atoms with van der Waals surface area (Å²) in [6, 6.07) is 2.87. The Hall–Kier alpha value is -1.99. The van der Waals surface area contributed by atoms with E-state index in [1.807, 2.05) is 13.1 Å². The average Bonchev–Trinajstić information content (AvgIpc) is 3.02. The van der Waals surface area contributed by atoms with E-state index in [-0.39, 0.29) is 6.54 Å². The highest BCUT2D eigenvalue weighted by molar-refractivity contribution is 5.33.